The van der Waals surface area contributed by atoms with Crippen molar-refractivity contribution in [2.24, 2.45) is 0 Å². The predicted molar refractivity (Wildman–Crippen MR) is 63.7 cm³/mol. The number of carboxylic acid groups (broad SMARTS) is 1. The molecule has 0 unspecified atom stereocenters. The molecule has 2 heteroatoms. The van der Waals surface area contributed by atoms with Gasteiger partial charge < -0.3 is 5.11 Å². The van der Waals surface area contributed by atoms with Gasteiger partial charge in [-0.15, -0.1) is 0 Å². The molecule has 2 nitrogen and oxygen atoms in total. The lowest BCUT2D eigenvalue weighted by molar-refractivity contribution is -0.143. The van der Waals surface area contributed by atoms with Crippen molar-refractivity contribution >= 4 is 5.97 Å². The highest BCUT2D eigenvalue weighted by Crippen LogP contribution is 2.43. The molecule has 1 aromatic carbocycles. The van der Waals surface area contributed by atoms with E-state index in [9.17, 15) is 9.90 Å². The van der Waals surface area contributed by atoms with E-state index in [4.69, 9.17) is 0 Å². The van der Waals surface area contributed by atoms with E-state index in [2.05, 4.69) is 0 Å². The van der Waals surface area contributed by atoms with Gasteiger partial charge in [0.15, 0.2) is 0 Å². The van der Waals surface area contributed by atoms with Crippen molar-refractivity contribution in [1.82, 2.24) is 0 Å². The Morgan fingerprint density at radius 1 is 1.19 bits per heavy atom. The molecule has 0 amide bonds. The number of carbonyl (C=O) groups is 1. The Hall–Kier alpha value is -1.31. The summed E-state index contributed by atoms with van der Waals surface area (Å²) in [6.45, 7) is 4.04. The Bertz CT molecular complexity index is 394. The largest absolute Gasteiger partial charge is 0.481 e. The summed E-state index contributed by atoms with van der Waals surface area (Å²) in [5.74, 6) is -0.651. The zero-order valence-corrected chi connectivity index (χ0v) is 9.92. The molecule has 16 heavy (non-hydrogen) atoms. The number of benzene rings is 1. The van der Waals surface area contributed by atoms with Gasteiger partial charge in [-0.1, -0.05) is 31.0 Å². The molecule has 1 N–H and O–H groups in total. The van der Waals surface area contributed by atoms with Gasteiger partial charge >= 0.3 is 5.97 Å². The second kappa shape index (κ2) is 3.93. The second-order valence-corrected chi connectivity index (χ2v) is 4.86. The first-order valence-electron chi connectivity index (χ1n) is 5.88. The molecule has 0 bridgehead atoms. The monoisotopic (exact) mass is 218 g/mol. The number of carboxylic acids is 1. The Balaban J connectivity index is 2.60. The molecule has 0 aromatic heterocycles. The van der Waals surface area contributed by atoms with E-state index < -0.39 is 11.4 Å². The first kappa shape index (κ1) is 11.2. The van der Waals surface area contributed by atoms with Crippen molar-refractivity contribution in [2.45, 2.75) is 44.9 Å². The Morgan fingerprint density at radius 2 is 1.69 bits per heavy atom. The molecule has 86 valence electrons. The van der Waals surface area contributed by atoms with Crippen LogP contribution in [0.2, 0.25) is 0 Å². The van der Waals surface area contributed by atoms with Gasteiger partial charge in [-0.3, -0.25) is 4.79 Å². The standard InChI is InChI=1S/C14H18O2/c1-10-6-5-7-11(2)12(10)14(13(15)16)8-3-4-9-14/h5-7H,3-4,8-9H2,1-2H3,(H,15,16). The summed E-state index contributed by atoms with van der Waals surface area (Å²) >= 11 is 0. The van der Waals surface area contributed by atoms with Crippen LogP contribution in [0, 0.1) is 13.8 Å². The highest BCUT2D eigenvalue weighted by atomic mass is 16.4. The van der Waals surface area contributed by atoms with E-state index in [1.807, 2.05) is 32.0 Å². The average molecular weight is 218 g/mol. The third kappa shape index (κ3) is 1.53. The molecule has 2 rings (SSSR count). The summed E-state index contributed by atoms with van der Waals surface area (Å²) in [4.78, 5) is 11.6. The van der Waals surface area contributed by atoms with E-state index >= 15 is 0 Å². The van der Waals surface area contributed by atoms with Crippen LogP contribution in [-0.4, -0.2) is 11.1 Å². The maximum Gasteiger partial charge on any atom is 0.314 e. The van der Waals surface area contributed by atoms with Crippen LogP contribution in [-0.2, 0) is 10.2 Å². The van der Waals surface area contributed by atoms with Crippen molar-refractivity contribution < 1.29 is 9.90 Å². The molecule has 1 aliphatic rings. The smallest absolute Gasteiger partial charge is 0.314 e. The van der Waals surface area contributed by atoms with Crippen molar-refractivity contribution in [3.8, 4) is 0 Å². The molecule has 0 spiro atoms. The van der Waals surface area contributed by atoms with Gasteiger partial charge in [0.25, 0.3) is 0 Å². The van der Waals surface area contributed by atoms with Crippen molar-refractivity contribution in [3.63, 3.8) is 0 Å². The minimum atomic E-state index is -0.651. The Kier molecular flexibility index (Phi) is 2.75. The van der Waals surface area contributed by atoms with Crippen molar-refractivity contribution in [3.05, 3.63) is 34.9 Å². The lowest BCUT2D eigenvalue weighted by Gasteiger charge is -2.28. The molecule has 1 aliphatic carbocycles. The number of hydrogen-bond donors (Lipinski definition) is 1. The fraction of sp³-hybridized carbons (Fsp3) is 0.500. The maximum absolute atomic E-state index is 11.6. The zero-order valence-electron chi connectivity index (χ0n) is 9.92. The van der Waals surface area contributed by atoms with Gasteiger partial charge in [-0.2, -0.15) is 0 Å². The zero-order chi connectivity index (χ0) is 11.8. The number of rotatable bonds is 2. The normalized spacial score (nSPS) is 18.6. The molecule has 0 radical (unpaired) electrons. The third-order valence-electron chi connectivity index (χ3n) is 3.83. The van der Waals surface area contributed by atoms with Crippen LogP contribution in [0.15, 0.2) is 18.2 Å². The SMILES string of the molecule is Cc1cccc(C)c1C1(C(=O)O)CCCC1. The topological polar surface area (TPSA) is 37.3 Å². The van der Waals surface area contributed by atoms with E-state index in [1.54, 1.807) is 0 Å². The van der Waals surface area contributed by atoms with Gasteiger partial charge in [-0.25, -0.2) is 0 Å². The molecule has 1 saturated carbocycles. The van der Waals surface area contributed by atoms with E-state index in [0.717, 1.165) is 42.4 Å². The Morgan fingerprint density at radius 3 is 2.12 bits per heavy atom. The second-order valence-electron chi connectivity index (χ2n) is 4.86. The van der Waals surface area contributed by atoms with Crippen molar-refractivity contribution in [2.75, 3.05) is 0 Å². The van der Waals surface area contributed by atoms with Gasteiger partial charge in [-0.05, 0) is 43.4 Å². The average Bonchev–Trinajstić information content (AvgIpc) is 2.67. The van der Waals surface area contributed by atoms with Gasteiger partial charge in [0, 0.05) is 0 Å². The first-order valence-corrected chi connectivity index (χ1v) is 5.88. The predicted octanol–water partition coefficient (Wildman–Crippen LogP) is 3.20. The maximum atomic E-state index is 11.6. The van der Waals surface area contributed by atoms with Gasteiger partial charge in [0.05, 0.1) is 5.41 Å². The van der Waals surface area contributed by atoms with E-state index in [0.29, 0.717) is 0 Å². The van der Waals surface area contributed by atoms with Crippen LogP contribution in [0.5, 0.6) is 0 Å². The molecule has 1 fully saturated rings. The molecule has 0 aliphatic heterocycles. The van der Waals surface area contributed by atoms with Gasteiger partial charge in [0.2, 0.25) is 0 Å². The van der Waals surface area contributed by atoms with E-state index in [-0.39, 0.29) is 0 Å². The molecule has 0 atom stereocenters. The minimum absolute atomic E-state index is 0.616. The van der Waals surface area contributed by atoms with Crippen LogP contribution in [0.3, 0.4) is 0 Å². The van der Waals surface area contributed by atoms with Crippen LogP contribution < -0.4 is 0 Å². The Labute approximate surface area is 96.3 Å². The summed E-state index contributed by atoms with van der Waals surface area (Å²) in [7, 11) is 0. The summed E-state index contributed by atoms with van der Waals surface area (Å²) < 4.78 is 0. The van der Waals surface area contributed by atoms with E-state index in [1.165, 1.54) is 0 Å². The van der Waals surface area contributed by atoms with Crippen molar-refractivity contribution in [1.29, 1.82) is 0 Å². The molecular formula is C14H18O2. The number of aliphatic carboxylic acids is 1. The lowest BCUT2D eigenvalue weighted by atomic mass is 9.75. The summed E-state index contributed by atoms with van der Waals surface area (Å²) in [5.41, 5.74) is 2.67. The molecule has 0 saturated heterocycles. The molecule has 1 aromatic rings. The number of aryl methyl sites for hydroxylation is 2. The first-order chi connectivity index (χ1) is 7.58. The van der Waals surface area contributed by atoms with Crippen LogP contribution in [0.1, 0.15) is 42.4 Å². The van der Waals surface area contributed by atoms with Crippen LogP contribution in [0.4, 0.5) is 0 Å². The van der Waals surface area contributed by atoms with Crippen LogP contribution >= 0.6 is 0 Å². The minimum Gasteiger partial charge on any atom is -0.481 e. The summed E-state index contributed by atoms with van der Waals surface area (Å²) in [6.07, 6.45) is 3.63. The summed E-state index contributed by atoms with van der Waals surface area (Å²) in [6, 6.07) is 6.04. The fourth-order valence-electron chi connectivity index (χ4n) is 3.12. The quantitative estimate of drug-likeness (QED) is 0.827. The summed E-state index contributed by atoms with van der Waals surface area (Å²) in [5, 5.41) is 9.57. The fourth-order valence-corrected chi connectivity index (χ4v) is 3.12. The molecule has 0 heterocycles. The third-order valence-corrected chi connectivity index (χ3v) is 3.83. The van der Waals surface area contributed by atoms with Gasteiger partial charge in [0.1, 0.15) is 0 Å². The lowest BCUT2D eigenvalue weighted by Crippen LogP contribution is -2.34. The highest BCUT2D eigenvalue weighted by Gasteiger charge is 2.44. The number of hydrogen-bond acceptors (Lipinski definition) is 1. The van der Waals surface area contributed by atoms with Crippen LogP contribution in [0.25, 0.3) is 0 Å². The molecular weight excluding hydrogens is 200 g/mol. The highest BCUT2D eigenvalue weighted by molar-refractivity contribution is 5.83.